The molecule has 2 heterocycles. The molecule has 0 aliphatic carbocycles. The van der Waals surface area contributed by atoms with Gasteiger partial charge in [-0.3, -0.25) is 4.79 Å². The summed E-state index contributed by atoms with van der Waals surface area (Å²) in [5, 5.41) is 6.29. The monoisotopic (exact) mass is 343 g/mol. The average molecular weight is 343 g/mol. The van der Waals surface area contributed by atoms with Gasteiger partial charge in [0, 0.05) is 6.61 Å². The van der Waals surface area contributed by atoms with Gasteiger partial charge in [-0.2, -0.15) is 5.10 Å². The van der Waals surface area contributed by atoms with Crippen molar-refractivity contribution in [2.45, 2.75) is 25.5 Å². The largest absolute Gasteiger partial charge is 0.357 e. The fourth-order valence-corrected chi connectivity index (χ4v) is 2.43. The van der Waals surface area contributed by atoms with Crippen molar-refractivity contribution in [2.24, 2.45) is 0 Å². The van der Waals surface area contributed by atoms with Crippen molar-refractivity contribution in [1.82, 2.24) is 9.78 Å². The van der Waals surface area contributed by atoms with Crippen LogP contribution >= 0.6 is 0 Å². The van der Waals surface area contributed by atoms with Gasteiger partial charge in [-0.05, 0) is 25.3 Å². The second-order valence-electron chi connectivity index (χ2n) is 5.33. The highest BCUT2D eigenvalue weighted by atomic mass is 19.2. The van der Waals surface area contributed by atoms with Gasteiger partial charge in [-0.25, -0.2) is 22.2 Å². The van der Waals surface area contributed by atoms with Crippen LogP contribution in [0.25, 0.3) is 0 Å². The summed E-state index contributed by atoms with van der Waals surface area (Å²) in [6, 6.07) is 0.303. The molecule has 1 amide bonds. The molecule has 0 saturated carbocycles. The fraction of sp³-hybridized carbons (Fsp3) is 0.333. The van der Waals surface area contributed by atoms with Crippen LogP contribution in [0, 0.1) is 23.3 Å². The Bertz CT molecular complexity index is 772. The van der Waals surface area contributed by atoms with Crippen LogP contribution in [0.2, 0.25) is 0 Å². The topological polar surface area (TPSA) is 56.2 Å². The molecule has 1 atom stereocenters. The minimum atomic E-state index is -2.04. The molecule has 1 aliphatic heterocycles. The molecule has 0 radical (unpaired) electrons. The van der Waals surface area contributed by atoms with Gasteiger partial charge in [0.25, 0.3) is 5.91 Å². The minimum absolute atomic E-state index is 0.193. The number of rotatable bonds is 3. The quantitative estimate of drug-likeness (QED) is 0.528. The lowest BCUT2D eigenvalue weighted by molar-refractivity contribution is -0.0394. The van der Waals surface area contributed by atoms with Gasteiger partial charge in [0.1, 0.15) is 6.23 Å². The van der Waals surface area contributed by atoms with Crippen LogP contribution in [0.15, 0.2) is 18.5 Å². The second kappa shape index (κ2) is 6.60. The molecular formula is C15H13F4N3O2. The lowest BCUT2D eigenvalue weighted by Crippen LogP contribution is -2.18. The lowest BCUT2D eigenvalue weighted by atomic mass is 10.1. The summed E-state index contributed by atoms with van der Waals surface area (Å²) >= 11 is 0. The summed E-state index contributed by atoms with van der Waals surface area (Å²) in [5.41, 5.74) is -0.744. The van der Waals surface area contributed by atoms with E-state index in [1.54, 1.807) is 0 Å². The molecule has 1 fully saturated rings. The molecule has 128 valence electrons. The molecule has 1 aromatic heterocycles. The van der Waals surface area contributed by atoms with E-state index in [1.165, 1.54) is 17.1 Å². The molecule has 9 heteroatoms. The van der Waals surface area contributed by atoms with E-state index >= 15 is 0 Å². The van der Waals surface area contributed by atoms with Crippen molar-refractivity contribution in [3.8, 4) is 0 Å². The van der Waals surface area contributed by atoms with E-state index < -0.39 is 34.7 Å². The van der Waals surface area contributed by atoms with Gasteiger partial charge in [0.2, 0.25) is 0 Å². The van der Waals surface area contributed by atoms with E-state index in [9.17, 15) is 22.4 Å². The lowest BCUT2D eigenvalue weighted by Gasteiger charge is -2.22. The van der Waals surface area contributed by atoms with E-state index in [0.717, 1.165) is 19.3 Å². The zero-order valence-corrected chi connectivity index (χ0v) is 12.4. The highest BCUT2D eigenvalue weighted by molar-refractivity contribution is 6.04. The Kier molecular flexibility index (Phi) is 4.52. The predicted octanol–water partition coefficient (Wildman–Crippen LogP) is 3.39. The predicted molar refractivity (Wildman–Crippen MR) is 75.3 cm³/mol. The molecule has 0 unspecified atom stereocenters. The number of halogens is 4. The number of aromatic nitrogens is 2. The first-order chi connectivity index (χ1) is 11.5. The Morgan fingerprint density at radius 3 is 2.71 bits per heavy atom. The normalized spacial score (nSPS) is 17.8. The number of amides is 1. The number of nitrogens with zero attached hydrogens (tertiary/aromatic N) is 2. The third kappa shape index (κ3) is 3.12. The molecule has 3 rings (SSSR count). The van der Waals surface area contributed by atoms with Crippen molar-refractivity contribution < 1.29 is 27.1 Å². The Labute approximate surface area is 134 Å². The first-order valence-corrected chi connectivity index (χ1v) is 7.27. The third-order valence-corrected chi connectivity index (χ3v) is 3.66. The van der Waals surface area contributed by atoms with Gasteiger partial charge in [-0.1, -0.05) is 0 Å². The molecule has 24 heavy (non-hydrogen) atoms. The number of benzene rings is 1. The van der Waals surface area contributed by atoms with Crippen molar-refractivity contribution in [3.05, 3.63) is 47.3 Å². The van der Waals surface area contributed by atoms with Gasteiger partial charge in [-0.15, -0.1) is 0 Å². The molecule has 0 spiro atoms. The molecule has 1 aliphatic rings. The number of ether oxygens (including phenoxy) is 1. The van der Waals surface area contributed by atoms with Gasteiger partial charge < -0.3 is 10.1 Å². The first-order valence-electron chi connectivity index (χ1n) is 7.27. The standard InChI is InChI=1S/C15H13F4N3O2/c16-10-5-9(12(17)14(19)13(10)18)15(23)21-8-6-20-22(7-8)11-3-1-2-4-24-11/h5-7,11H,1-4H2,(H,21,23)/t11-/m1/s1. The fourth-order valence-electron chi connectivity index (χ4n) is 2.43. The second-order valence-corrected chi connectivity index (χ2v) is 5.33. The highest BCUT2D eigenvalue weighted by Crippen LogP contribution is 2.24. The number of anilines is 1. The molecule has 1 N–H and O–H groups in total. The summed E-state index contributed by atoms with van der Waals surface area (Å²) in [5.74, 6) is -8.52. The molecule has 1 saturated heterocycles. The number of hydrogen-bond acceptors (Lipinski definition) is 3. The summed E-state index contributed by atoms with van der Waals surface area (Å²) in [6.45, 7) is 0.603. The van der Waals surface area contributed by atoms with Crippen molar-refractivity contribution >= 4 is 11.6 Å². The van der Waals surface area contributed by atoms with Crippen molar-refractivity contribution in [3.63, 3.8) is 0 Å². The zero-order chi connectivity index (χ0) is 17.3. The van der Waals surface area contributed by atoms with Crippen LogP contribution < -0.4 is 5.32 Å². The van der Waals surface area contributed by atoms with Crippen LogP contribution in [0.1, 0.15) is 35.8 Å². The Balaban J connectivity index is 1.77. The van der Waals surface area contributed by atoms with Crippen molar-refractivity contribution in [2.75, 3.05) is 11.9 Å². The van der Waals surface area contributed by atoms with E-state index in [4.69, 9.17) is 4.74 Å². The summed E-state index contributed by atoms with van der Waals surface area (Å²) in [6.07, 6.45) is 5.19. The maximum absolute atomic E-state index is 13.6. The maximum Gasteiger partial charge on any atom is 0.258 e. The zero-order valence-electron chi connectivity index (χ0n) is 12.4. The Hall–Kier alpha value is -2.42. The summed E-state index contributed by atoms with van der Waals surface area (Å²) in [7, 11) is 0. The molecular weight excluding hydrogens is 330 g/mol. The van der Waals surface area contributed by atoms with Crippen LogP contribution in [0.4, 0.5) is 23.2 Å². The summed E-state index contributed by atoms with van der Waals surface area (Å²) in [4.78, 5) is 12.0. The van der Waals surface area contributed by atoms with Crippen LogP contribution in [0.3, 0.4) is 0 Å². The van der Waals surface area contributed by atoms with Gasteiger partial charge >= 0.3 is 0 Å². The number of hydrogen-bond donors (Lipinski definition) is 1. The maximum atomic E-state index is 13.6. The van der Waals surface area contributed by atoms with Crippen LogP contribution in [-0.2, 0) is 4.74 Å². The van der Waals surface area contributed by atoms with Gasteiger partial charge in [0.15, 0.2) is 23.3 Å². The highest BCUT2D eigenvalue weighted by Gasteiger charge is 2.24. The molecule has 5 nitrogen and oxygen atoms in total. The van der Waals surface area contributed by atoms with E-state index in [1.807, 2.05) is 0 Å². The van der Waals surface area contributed by atoms with Crippen LogP contribution in [-0.4, -0.2) is 22.3 Å². The number of carbonyl (C=O) groups is 1. The smallest absolute Gasteiger partial charge is 0.258 e. The molecule has 1 aromatic carbocycles. The Morgan fingerprint density at radius 2 is 2.00 bits per heavy atom. The molecule has 0 bridgehead atoms. The van der Waals surface area contributed by atoms with Gasteiger partial charge in [0.05, 0.1) is 23.6 Å². The van der Waals surface area contributed by atoms with E-state index in [-0.39, 0.29) is 11.9 Å². The van der Waals surface area contributed by atoms with Crippen LogP contribution in [0.5, 0.6) is 0 Å². The SMILES string of the molecule is O=C(Nc1cnn([C@H]2CCCCO2)c1)c1cc(F)c(F)c(F)c1F. The van der Waals surface area contributed by atoms with E-state index in [0.29, 0.717) is 12.7 Å². The van der Waals surface area contributed by atoms with E-state index in [2.05, 4.69) is 10.4 Å². The summed E-state index contributed by atoms with van der Waals surface area (Å²) < 4.78 is 59.9. The Morgan fingerprint density at radius 1 is 1.21 bits per heavy atom. The minimum Gasteiger partial charge on any atom is -0.357 e. The van der Waals surface area contributed by atoms with Crippen molar-refractivity contribution in [1.29, 1.82) is 0 Å². The number of carbonyl (C=O) groups excluding carboxylic acids is 1. The molecule has 2 aromatic rings. The number of nitrogens with one attached hydrogen (secondary N) is 1. The first kappa shape index (κ1) is 16.4. The average Bonchev–Trinajstić information content (AvgIpc) is 3.05. The third-order valence-electron chi connectivity index (χ3n) is 3.66.